The minimum Gasteiger partial charge on any atom is -0.493 e. The zero-order chi connectivity index (χ0) is 17.8. The summed E-state index contributed by atoms with van der Waals surface area (Å²) in [6.45, 7) is 0.0382. The van der Waals surface area contributed by atoms with Crippen molar-refractivity contribution in [2.24, 2.45) is 0 Å². The van der Waals surface area contributed by atoms with Crippen LogP contribution in [0.2, 0.25) is 10.0 Å². The predicted octanol–water partition coefficient (Wildman–Crippen LogP) is 2.78. The molecule has 9 heteroatoms. The Bertz CT molecular complexity index is 922. The van der Waals surface area contributed by atoms with Crippen molar-refractivity contribution in [3.63, 3.8) is 0 Å². The van der Waals surface area contributed by atoms with Crippen LogP contribution in [0.4, 0.5) is 0 Å². The molecular weight excluding hydrogens is 367 g/mol. The van der Waals surface area contributed by atoms with Crippen molar-refractivity contribution < 1.29 is 9.26 Å². The number of rotatable bonds is 6. The molecule has 0 amide bonds. The maximum absolute atomic E-state index is 12.1. The standard InChI is InChI=1S/C16H14Cl2N4O3/c1-24-12-8-19-22(16(23)15(12)18)9-14-20-13(21-25-14)7-4-10-2-5-11(17)6-3-10/h2-3,5-6,8H,4,7,9H2,1H3. The molecule has 1 aromatic carbocycles. The molecule has 0 aliphatic rings. The summed E-state index contributed by atoms with van der Waals surface area (Å²) in [6.07, 6.45) is 2.72. The lowest BCUT2D eigenvalue weighted by molar-refractivity contribution is 0.356. The Kier molecular flexibility index (Phi) is 5.35. The van der Waals surface area contributed by atoms with Crippen LogP contribution in [0, 0.1) is 0 Å². The van der Waals surface area contributed by atoms with Gasteiger partial charge in [-0.1, -0.05) is 40.5 Å². The molecule has 25 heavy (non-hydrogen) atoms. The molecule has 3 aromatic rings. The normalized spacial score (nSPS) is 10.8. The van der Waals surface area contributed by atoms with Gasteiger partial charge in [0.25, 0.3) is 5.56 Å². The van der Waals surface area contributed by atoms with E-state index in [9.17, 15) is 4.79 Å². The first-order chi connectivity index (χ1) is 12.1. The number of benzene rings is 1. The van der Waals surface area contributed by atoms with Crippen molar-refractivity contribution in [1.82, 2.24) is 19.9 Å². The summed E-state index contributed by atoms with van der Waals surface area (Å²) in [6, 6.07) is 7.58. The zero-order valence-corrected chi connectivity index (χ0v) is 14.8. The summed E-state index contributed by atoms with van der Waals surface area (Å²) >= 11 is 11.8. The molecule has 0 spiro atoms. The first-order valence-corrected chi connectivity index (χ1v) is 8.18. The third-order valence-electron chi connectivity index (χ3n) is 3.52. The van der Waals surface area contributed by atoms with Crippen LogP contribution in [-0.4, -0.2) is 27.0 Å². The molecule has 2 aromatic heterocycles. The number of hydrogen-bond donors (Lipinski definition) is 0. The van der Waals surface area contributed by atoms with E-state index in [0.29, 0.717) is 17.3 Å². The second-order valence-corrected chi connectivity index (χ2v) is 6.03. The second-order valence-electron chi connectivity index (χ2n) is 5.22. The maximum Gasteiger partial charge on any atom is 0.289 e. The fourth-order valence-electron chi connectivity index (χ4n) is 2.20. The van der Waals surface area contributed by atoms with Gasteiger partial charge in [0.2, 0.25) is 5.89 Å². The van der Waals surface area contributed by atoms with E-state index in [-0.39, 0.29) is 23.2 Å². The van der Waals surface area contributed by atoms with Crippen LogP contribution < -0.4 is 10.3 Å². The molecule has 0 atom stereocenters. The van der Waals surface area contributed by atoms with Gasteiger partial charge >= 0.3 is 0 Å². The molecule has 0 N–H and O–H groups in total. The molecule has 2 heterocycles. The monoisotopic (exact) mass is 380 g/mol. The van der Waals surface area contributed by atoms with E-state index in [4.69, 9.17) is 32.5 Å². The Balaban J connectivity index is 1.67. The minimum absolute atomic E-state index is 0.0382. The number of hydrogen-bond acceptors (Lipinski definition) is 6. The van der Waals surface area contributed by atoms with Crippen LogP contribution in [0.15, 0.2) is 39.8 Å². The lowest BCUT2D eigenvalue weighted by atomic mass is 10.1. The molecule has 0 aliphatic heterocycles. The zero-order valence-electron chi connectivity index (χ0n) is 13.3. The van der Waals surface area contributed by atoms with Crippen LogP contribution in [0.5, 0.6) is 5.75 Å². The number of methoxy groups -OCH3 is 1. The van der Waals surface area contributed by atoms with Crippen molar-refractivity contribution in [1.29, 1.82) is 0 Å². The summed E-state index contributed by atoms with van der Waals surface area (Å²) in [5, 5.41) is 8.54. The minimum atomic E-state index is -0.484. The number of halogens is 2. The quantitative estimate of drug-likeness (QED) is 0.653. The van der Waals surface area contributed by atoms with Crippen molar-refractivity contribution in [2.45, 2.75) is 19.4 Å². The van der Waals surface area contributed by atoms with E-state index in [2.05, 4.69) is 15.2 Å². The Labute approximate surface area is 153 Å². The molecule has 3 rings (SSSR count). The van der Waals surface area contributed by atoms with Crippen molar-refractivity contribution in [2.75, 3.05) is 7.11 Å². The van der Waals surface area contributed by atoms with Gasteiger partial charge < -0.3 is 9.26 Å². The van der Waals surface area contributed by atoms with Crippen LogP contribution in [0.3, 0.4) is 0 Å². The number of aromatic nitrogens is 4. The summed E-state index contributed by atoms with van der Waals surface area (Å²) < 4.78 is 11.3. The van der Waals surface area contributed by atoms with Crippen LogP contribution in [-0.2, 0) is 19.4 Å². The summed E-state index contributed by atoms with van der Waals surface area (Å²) in [7, 11) is 1.41. The number of ether oxygens (including phenoxy) is 1. The predicted molar refractivity (Wildman–Crippen MR) is 92.3 cm³/mol. The number of aryl methyl sites for hydroxylation is 2. The third kappa shape index (κ3) is 4.18. The smallest absolute Gasteiger partial charge is 0.289 e. The van der Waals surface area contributed by atoms with Crippen LogP contribution >= 0.6 is 23.2 Å². The molecular formula is C16H14Cl2N4O3. The Morgan fingerprint density at radius 2 is 1.96 bits per heavy atom. The fourth-order valence-corrected chi connectivity index (χ4v) is 2.55. The summed E-state index contributed by atoms with van der Waals surface area (Å²) in [5.74, 6) is 1.05. The lowest BCUT2D eigenvalue weighted by Crippen LogP contribution is -2.24. The van der Waals surface area contributed by atoms with Gasteiger partial charge in [0.05, 0.1) is 13.3 Å². The molecule has 0 bridgehead atoms. The molecule has 0 saturated heterocycles. The Morgan fingerprint density at radius 1 is 1.20 bits per heavy atom. The molecule has 130 valence electrons. The van der Waals surface area contributed by atoms with Gasteiger partial charge in [-0.05, 0) is 24.1 Å². The Morgan fingerprint density at radius 3 is 2.68 bits per heavy atom. The van der Waals surface area contributed by atoms with Crippen molar-refractivity contribution in [3.05, 3.63) is 68.1 Å². The second kappa shape index (κ2) is 7.67. The maximum atomic E-state index is 12.1. The van der Waals surface area contributed by atoms with E-state index < -0.39 is 5.56 Å². The fraction of sp³-hybridized carbons (Fsp3) is 0.250. The number of nitrogens with zero attached hydrogens (tertiary/aromatic N) is 4. The van der Waals surface area contributed by atoms with Crippen LogP contribution in [0.25, 0.3) is 0 Å². The first kappa shape index (κ1) is 17.4. The highest BCUT2D eigenvalue weighted by Gasteiger charge is 2.13. The highest BCUT2D eigenvalue weighted by atomic mass is 35.5. The van der Waals surface area contributed by atoms with E-state index in [1.54, 1.807) is 0 Å². The molecule has 0 radical (unpaired) electrons. The van der Waals surface area contributed by atoms with Crippen LogP contribution in [0.1, 0.15) is 17.3 Å². The van der Waals surface area contributed by atoms with Gasteiger partial charge in [-0.2, -0.15) is 10.1 Å². The molecule has 0 aliphatic carbocycles. The highest BCUT2D eigenvalue weighted by Crippen LogP contribution is 2.17. The van der Waals surface area contributed by atoms with Gasteiger partial charge in [-0.25, -0.2) is 4.68 Å². The summed E-state index contributed by atoms with van der Waals surface area (Å²) in [4.78, 5) is 16.4. The average Bonchev–Trinajstić information content (AvgIpc) is 3.06. The van der Waals surface area contributed by atoms with E-state index in [1.165, 1.54) is 13.3 Å². The van der Waals surface area contributed by atoms with Gasteiger partial charge in [0.1, 0.15) is 6.54 Å². The molecule has 0 saturated carbocycles. The highest BCUT2D eigenvalue weighted by molar-refractivity contribution is 6.31. The molecule has 0 fully saturated rings. The van der Waals surface area contributed by atoms with Crippen molar-refractivity contribution in [3.8, 4) is 5.75 Å². The van der Waals surface area contributed by atoms with Gasteiger partial charge in [-0.3, -0.25) is 4.79 Å². The van der Waals surface area contributed by atoms with Gasteiger partial charge in [-0.15, -0.1) is 0 Å². The van der Waals surface area contributed by atoms with Gasteiger partial charge in [0.15, 0.2) is 16.6 Å². The Hall–Kier alpha value is -2.38. The van der Waals surface area contributed by atoms with E-state index in [1.807, 2.05) is 24.3 Å². The average molecular weight is 381 g/mol. The largest absolute Gasteiger partial charge is 0.493 e. The summed E-state index contributed by atoms with van der Waals surface area (Å²) in [5.41, 5.74) is 0.637. The van der Waals surface area contributed by atoms with E-state index >= 15 is 0 Å². The molecule has 0 unspecified atom stereocenters. The SMILES string of the molecule is COc1cnn(Cc2nc(CCc3ccc(Cl)cc3)no2)c(=O)c1Cl. The lowest BCUT2D eigenvalue weighted by Gasteiger charge is -2.04. The van der Waals surface area contributed by atoms with Gasteiger partial charge in [0, 0.05) is 11.4 Å². The topological polar surface area (TPSA) is 83.0 Å². The first-order valence-electron chi connectivity index (χ1n) is 7.42. The van der Waals surface area contributed by atoms with Crippen molar-refractivity contribution >= 4 is 23.2 Å². The van der Waals surface area contributed by atoms with E-state index in [0.717, 1.165) is 16.7 Å². The molecule has 7 nitrogen and oxygen atoms in total. The third-order valence-corrected chi connectivity index (χ3v) is 4.12.